The number of allylic oxidation sites excluding steroid dienone is 4. The lowest BCUT2D eigenvalue weighted by atomic mass is 9.90. The van der Waals surface area contributed by atoms with E-state index in [9.17, 15) is 14.7 Å². The van der Waals surface area contributed by atoms with Gasteiger partial charge in [0, 0.05) is 12.2 Å². The predicted molar refractivity (Wildman–Crippen MR) is 107 cm³/mol. The van der Waals surface area contributed by atoms with Crippen molar-refractivity contribution >= 4 is 11.9 Å². The van der Waals surface area contributed by atoms with Crippen LogP contribution in [0.5, 0.6) is 0 Å². The van der Waals surface area contributed by atoms with Crippen LogP contribution in [0, 0.1) is 0 Å². The fourth-order valence-electron chi connectivity index (χ4n) is 3.71. The van der Waals surface area contributed by atoms with Crippen LogP contribution in [0.1, 0.15) is 49.5 Å². The van der Waals surface area contributed by atoms with E-state index in [0.29, 0.717) is 26.1 Å². The number of benzene rings is 1. The van der Waals surface area contributed by atoms with Crippen molar-refractivity contribution in [2.24, 2.45) is 0 Å². The van der Waals surface area contributed by atoms with Gasteiger partial charge in [0.1, 0.15) is 5.54 Å². The topological polar surface area (TPSA) is 60.9 Å². The second-order valence-electron chi connectivity index (χ2n) is 6.64. The first-order valence-electron chi connectivity index (χ1n) is 9.28. The molecule has 1 fully saturated rings. The monoisotopic (exact) mass is 368 g/mol. The van der Waals surface area contributed by atoms with E-state index in [1.165, 1.54) is 0 Å². The maximum absolute atomic E-state index is 13.3. The fourth-order valence-corrected chi connectivity index (χ4v) is 3.71. The van der Waals surface area contributed by atoms with Gasteiger partial charge in [-0.05, 0) is 49.6 Å². The largest absolute Gasteiger partial charge is 0.478 e. The maximum atomic E-state index is 13.3. The highest BCUT2D eigenvalue weighted by molar-refractivity contribution is 5.89. The van der Waals surface area contributed by atoms with E-state index < -0.39 is 11.5 Å². The SMILES string of the molecule is C=C/C=C(\C=C/C)N1CN(Cc2cccc(C(=O)O)c2)C(=O)C1(CC)CC. The molecule has 0 aromatic heterocycles. The highest BCUT2D eigenvalue weighted by Crippen LogP contribution is 2.37. The van der Waals surface area contributed by atoms with Gasteiger partial charge in [-0.15, -0.1) is 0 Å². The van der Waals surface area contributed by atoms with Gasteiger partial charge in [0.2, 0.25) is 5.91 Å². The minimum absolute atomic E-state index is 0.0766. The Morgan fingerprint density at radius 2 is 2.04 bits per heavy atom. The van der Waals surface area contributed by atoms with Crippen LogP contribution < -0.4 is 0 Å². The predicted octanol–water partition coefficient (Wildman–Crippen LogP) is 4.19. The molecule has 1 saturated heterocycles. The molecule has 0 radical (unpaired) electrons. The van der Waals surface area contributed by atoms with E-state index in [-0.39, 0.29) is 11.5 Å². The number of amides is 1. The molecule has 1 aliphatic rings. The number of aromatic carboxylic acids is 1. The molecule has 5 heteroatoms. The summed E-state index contributed by atoms with van der Waals surface area (Å²) in [5.41, 5.74) is 1.39. The first-order valence-corrected chi connectivity index (χ1v) is 9.28. The van der Waals surface area contributed by atoms with Crippen LogP contribution in [0.2, 0.25) is 0 Å². The van der Waals surface area contributed by atoms with Gasteiger partial charge in [0.05, 0.1) is 12.2 Å². The van der Waals surface area contributed by atoms with Gasteiger partial charge in [-0.1, -0.05) is 44.7 Å². The van der Waals surface area contributed by atoms with Gasteiger partial charge in [-0.2, -0.15) is 0 Å². The summed E-state index contributed by atoms with van der Waals surface area (Å²) in [7, 11) is 0. The third kappa shape index (κ3) is 3.97. The van der Waals surface area contributed by atoms with Crippen LogP contribution >= 0.6 is 0 Å². The van der Waals surface area contributed by atoms with E-state index in [4.69, 9.17) is 0 Å². The van der Waals surface area contributed by atoms with Gasteiger partial charge in [-0.3, -0.25) is 4.79 Å². The Morgan fingerprint density at radius 1 is 1.33 bits per heavy atom. The minimum Gasteiger partial charge on any atom is -0.478 e. The van der Waals surface area contributed by atoms with E-state index >= 15 is 0 Å². The molecule has 144 valence electrons. The molecule has 27 heavy (non-hydrogen) atoms. The zero-order valence-electron chi connectivity index (χ0n) is 16.3. The summed E-state index contributed by atoms with van der Waals surface area (Å²) in [6.07, 6.45) is 8.98. The maximum Gasteiger partial charge on any atom is 0.335 e. The van der Waals surface area contributed by atoms with E-state index in [2.05, 4.69) is 11.5 Å². The lowest BCUT2D eigenvalue weighted by Gasteiger charge is -2.36. The van der Waals surface area contributed by atoms with E-state index in [0.717, 1.165) is 11.3 Å². The van der Waals surface area contributed by atoms with Crippen LogP contribution in [0.4, 0.5) is 0 Å². The molecule has 1 aromatic carbocycles. The zero-order chi connectivity index (χ0) is 20.0. The third-order valence-corrected chi connectivity index (χ3v) is 5.17. The Balaban J connectivity index is 2.39. The van der Waals surface area contributed by atoms with Crippen molar-refractivity contribution in [1.29, 1.82) is 0 Å². The van der Waals surface area contributed by atoms with Gasteiger partial charge in [0.15, 0.2) is 0 Å². The number of carboxylic acid groups (broad SMARTS) is 1. The summed E-state index contributed by atoms with van der Waals surface area (Å²) in [6, 6.07) is 6.76. The van der Waals surface area contributed by atoms with Crippen LogP contribution in [0.3, 0.4) is 0 Å². The van der Waals surface area contributed by atoms with Gasteiger partial charge < -0.3 is 14.9 Å². The van der Waals surface area contributed by atoms with Gasteiger partial charge >= 0.3 is 5.97 Å². The van der Waals surface area contributed by atoms with Gasteiger partial charge in [-0.25, -0.2) is 4.79 Å². The molecule has 1 aromatic rings. The van der Waals surface area contributed by atoms with Crippen molar-refractivity contribution < 1.29 is 14.7 Å². The lowest BCUT2D eigenvalue weighted by Crippen LogP contribution is -2.47. The average Bonchev–Trinajstić information content (AvgIpc) is 2.94. The van der Waals surface area contributed by atoms with Crippen LogP contribution in [0.15, 0.2) is 60.8 Å². The summed E-state index contributed by atoms with van der Waals surface area (Å²) < 4.78 is 0. The highest BCUT2D eigenvalue weighted by Gasteiger charge is 2.50. The van der Waals surface area contributed by atoms with Crippen molar-refractivity contribution in [1.82, 2.24) is 9.80 Å². The first kappa shape index (κ1) is 20.5. The quantitative estimate of drug-likeness (QED) is 0.699. The highest BCUT2D eigenvalue weighted by atomic mass is 16.4. The molecule has 1 N–H and O–H groups in total. The van der Waals surface area contributed by atoms with Crippen molar-refractivity contribution in [2.45, 2.75) is 45.7 Å². The van der Waals surface area contributed by atoms with Crippen LogP contribution in [0.25, 0.3) is 0 Å². The number of carbonyl (C=O) groups excluding carboxylic acids is 1. The summed E-state index contributed by atoms with van der Waals surface area (Å²) in [5, 5.41) is 9.20. The van der Waals surface area contributed by atoms with Crippen molar-refractivity contribution in [3.63, 3.8) is 0 Å². The number of rotatable bonds is 8. The first-order chi connectivity index (χ1) is 12.9. The molecule has 0 saturated carbocycles. The minimum atomic E-state index is -0.966. The molecule has 0 unspecified atom stereocenters. The summed E-state index contributed by atoms with van der Waals surface area (Å²) in [4.78, 5) is 28.5. The molecule has 1 heterocycles. The number of hydrogen-bond donors (Lipinski definition) is 1. The van der Waals surface area contributed by atoms with E-state index in [1.54, 1.807) is 29.2 Å². The molecule has 2 rings (SSSR count). The van der Waals surface area contributed by atoms with Crippen molar-refractivity contribution in [3.05, 3.63) is 72.0 Å². The Labute approximate surface area is 161 Å². The standard InChI is InChI=1S/C22H28N2O3/c1-5-10-19(11-6-2)24-16-23(21(27)22(24,7-3)8-4)15-17-12-9-13-18(14-17)20(25)26/h5-6,9-14H,1,7-8,15-16H2,2-4H3,(H,25,26)/b11-6-,19-10+. The second kappa shape index (κ2) is 8.71. The summed E-state index contributed by atoms with van der Waals surface area (Å²) in [6.45, 7) is 10.7. The van der Waals surface area contributed by atoms with Crippen molar-refractivity contribution in [2.75, 3.05) is 6.67 Å². The van der Waals surface area contributed by atoms with Gasteiger partial charge in [0.25, 0.3) is 0 Å². The smallest absolute Gasteiger partial charge is 0.335 e. The third-order valence-electron chi connectivity index (χ3n) is 5.17. The molecule has 1 aliphatic heterocycles. The number of carboxylic acids is 1. The Bertz CT molecular complexity index is 776. The molecular formula is C22H28N2O3. The normalized spacial score (nSPS) is 17.0. The number of nitrogens with zero attached hydrogens (tertiary/aromatic N) is 2. The van der Waals surface area contributed by atoms with E-state index in [1.807, 2.05) is 45.1 Å². The van der Waals surface area contributed by atoms with Crippen LogP contribution in [-0.4, -0.2) is 39.0 Å². The van der Waals surface area contributed by atoms with Crippen LogP contribution in [-0.2, 0) is 11.3 Å². The number of carbonyl (C=O) groups is 2. The lowest BCUT2D eigenvalue weighted by molar-refractivity contribution is -0.134. The molecule has 5 nitrogen and oxygen atoms in total. The molecule has 1 amide bonds. The Hall–Kier alpha value is -2.82. The molecule has 0 spiro atoms. The average molecular weight is 368 g/mol. The molecule has 0 aliphatic carbocycles. The Kier molecular flexibility index (Phi) is 6.61. The van der Waals surface area contributed by atoms with Crippen molar-refractivity contribution in [3.8, 4) is 0 Å². The molecular weight excluding hydrogens is 340 g/mol. The second-order valence-corrected chi connectivity index (χ2v) is 6.64. The number of hydrogen-bond acceptors (Lipinski definition) is 3. The molecule has 0 bridgehead atoms. The zero-order valence-corrected chi connectivity index (χ0v) is 16.3. The summed E-state index contributed by atoms with van der Waals surface area (Å²) >= 11 is 0. The Morgan fingerprint density at radius 3 is 2.59 bits per heavy atom. The molecule has 0 atom stereocenters. The fraction of sp³-hybridized carbons (Fsp3) is 0.364. The summed E-state index contributed by atoms with van der Waals surface area (Å²) in [5.74, 6) is -0.889.